The van der Waals surface area contributed by atoms with E-state index in [0.29, 0.717) is 29.9 Å². The molecule has 2 aromatic carbocycles. The van der Waals surface area contributed by atoms with Gasteiger partial charge in [-0.25, -0.2) is 12.8 Å². The van der Waals surface area contributed by atoms with E-state index in [9.17, 15) is 17.6 Å². The van der Waals surface area contributed by atoms with Gasteiger partial charge in [-0.05, 0) is 36.8 Å². The molecule has 7 heteroatoms. The van der Waals surface area contributed by atoms with Gasteiger partial charge in [-0.1, -0.05) is 30.9 Å². The Morgan fingerprint density at radius 2 is 1.93 bits per heavy atom. The predicted molar refractivity (Wildman–Crippen MR) is 105 cm³/mol. The van der Waals surface area contributed by atoms with Crippen LogP contribution in [0.5, 0.6) is 5.75 Å². The highest BCUT2D eigenvalue weighted by molar-refractivity contribution is 7.91. The number of rotatable bonds is 7. The molecule has 1 aliphatic rings. The van der Waals surface area contributed by atoms with Crippen LogP contribution in [0.15, 0.2) is 61.2 Å². The quantitative estimate of drug-likeness (QED) is 0.666. The summed E-state index contributed by atoms with van der Waals surface area (Å²) in [5, 5.41) is 0. The standard InChI is InChI=1S/C21H22FNO4S/c1-2-12-27-19-9-7-16(8-10-19)21(24)23(18-11-13-28(25,26)15-18)14-17-5-3-4-6-20(17)22/h2-10,18H,1,11-15H2/t18-/m0/s1. The van der Waals surface area contributed by atoms with Gasteiger partial charge < -0.3 is 9.64 Å². The second-order valence-electron chi connectivity index (χ2n) is 6.71. The van der Waals surface area contributed by atoms with Crippen LogP contribution in [0.3, 0.4) is 0 Å². The lowest BCUT2D eigenvalue weighted by atomic mass is 10.1. The fraction of sp³-hybridized carbons (Fsp3) is 0.286. The van der Waals surface area contributed by atoms with Crippen LogP contribution in [-0.4, -0.2) is 43.4 Å². The fourth-order valence-electron chi connectivity index (χ4n) is 3.21. The molecule has 1 fully saturated rings. The maximum absolute atomic E-state index is 14.1. The smallest absolute Gasteiger partial charge is 0.254 e. The second-order valence-corrected chi connectivity index (χ2v) is 8.93. The van der Waals surface area contributed by atoms with Crippen LogP contribution >= 0.6 is 0 Å². The molecule has 5 nitrogen and oxygen atoms in total. The van der Waals surface area contributed by atoms with Gasteiger partial charge in [-0.3, -0.25) is 4.79 Å². The van der Waals surface area contributed by atoms with Crippen molar-refractivity contribution in [2.45, 2.75) is 19.0 Å². The van der Waals surface area contributed by atoms with Gasteiger partial charge in [0.2, 0.25) is 0 Å². The Kier molecular flexibility index (Phi) is 6.14. The monoisotopic (exact) mass is 403 g/mol. The highest BCUT2D eigenvalue weighted by Gasteiger charge is 2.35. The van der Waals surface area contributed by atoms with E-state index in [4.69, 9.17) is 4.74 Å². The van der Waals surface area contributed by atoms with E-state index in [0.717, 1.165) is 0 Å². The first kappa shape index (κ1) is 20.1. The highest BCUT2D eigenvalue weighted by Crippen LogP contribution is 2.24. The number of amides is 1. The summed E-state index contributed by atoms with van der Waals surface area (Å²) in [5.41, 5.74) is 0.748. The summed E-state index contributed by atoms with van der Waals surface area (Å²) in [6.45, 7) is 3.95. The van der Waals surface area contributed by atoms with Crippen molar-refractivity contribution < 1.29 is 22.3 Å². The molecule has 0 spiro atoms. The summed E-state index contributed by atoms with van der Waals surface area (Å²) in [4.78, 5) is 14.6. The summed E-state index contributed by atoms with van der Waals surface area (Å²) in [6.07, 6.45) is 1.97. The number of halogens is 1. The highest BCUT2D eigenvalue weighted by atomic mass is 32.2. The molecule has 0 aliphatic carbocycles. The lowest BCUT2D eigenvalue weighted by Gasteiger charge is -2.28. The van der Waals surface area contributed by atoms with Crippen molar-refractivity contribution in [1.82, 2.24) is 4.90 Å². The third-order valence-corrected chi connectivity index (χ3v) is 6.43. The van der Waals surface area contributed by atoms with E-state index in [1.165, 1.54) is 11.0 Å². The number of hydrogen-bond acceptors (Lipinski definition) is 4. The average Bonchev–Trinajstić information content (AvgIpc) is 3.05. The normalized spacial score (nSPS) is 17.8. The van der Waals surface area contributed by atoms with E-state index in [-0.39, 0.29) is 24.0 Å². The molecule has 0 radical (unpaired) electrons. The van der Waals surface area contributed by atoms with E-state index in [2.05, 4.69) is 6.58 Å². The topological polar surface area (TPSA) is 63.7 Å². The van der Waals surface area contributed by atoms with Crippen LogP contribution in [0, 0.1) is 5.82 Å². The van der Waals surface area contributed by atoms with E-state index >= 15 is 0 Å². The summed E-state index contributed by atoms with van der Waals surface area (Å²) < 4.78 is 43.4. The zero-order valence-electron chi connectivity index (χ0n) is 15.4. The molecule has 1 amide bonds. The third-order valence-electron chi connectivity index (χ3n) is 4.68. The Morgan fingerprint density at radius 3 is 2.54 bits per heavy atom. The summed E-state index contributed by atoms with van der Waals surface area (Å²) in [5.74, 6) is -0.226. The zero-order chi connectivity index (χ0) is 20.1. The minimum atomic E-state index is -3.19. The number of ether oxygens (including phenoxy) is 1. The molecule has 1 saturated heterocycles. The number of benzene rings is 2. The predicted octanol–water partition coefficient (Wildman–Crippen LogP) is 3.22. The van der Waals surface area contributed by atoms with Crippen molar-refractivity contribution in [3.63, 3.8) is 0 Å². The first-order chi connectivity index (χ1) is 13.4. The largest absolute Gasteiger partial charge is 0.490 e. The van der Waals surface area contributed by atoms with Gasteiger partial charge in [-0.2, -0.15) is 0 Å². The van der Waals surface area contributed by atoms with E-state index in [1.54, 1.807) is 48.5 Å². The Hall–Kier alpha value is -2.67. The van der Waals surface area contributed by atoms with E-state index in [1.807, 2.05) is 0 Å². The van der Waals surface area contributed by atoms with Gasteiger partial charge in [0, 0.05) is 23.7 Å². The molecule has 0 aromatic heterocycles. The number of sulfone groups is 1. The van der Waals surface area contributed by atoms with Crippen LogP contribution in [0.2, 0.25) is 0 Å². The minimum absolute atomic E-state index is 0.0143. The number of hydrogen-bond donors (Lipinski definition) is 0. The van der Waals surface area contributed by atoms with Crippen molar-refractivity contribution in [1.29, 1.82) is 0 Å². The molecule has 0 saturated carbocycles. The number of carbonyl (C=O) groups is 1. The van der Waals surface area contributed by atoms with Crippen molar-refractivity contribution in [2.75, 3.05) is 18.1 Å². The van der Waals surface area contributed by atoms with Crippen LogP contribution in [0.1, 0.15) is 22.3 Å². The third kappa shape index (κ3) is 4.78. The van der Waals surface area contributed by atoms with Gasteiger partial charge in [0.05, 0.1) is 11.5 Å². The molecule has 1 aliphatic heterocycles. The molecule has 0 unspecified atom stereocenters. The maximum atomic E-state index is 14.1. The molecular weight excluding hydrogens is 381 g/mol. The van der Waals surface area contributed by atoms with Gasteiger partial charge in [0.25, 0.3) is 5.91 Å². The van der Waals surface area contributed by atoms with Gasteiger partial charge in [0.1, 0.15) is 18.2 Å². The first-order valence-corrected chi connectivity index (χ1v) is 10.8. The van der Waals surface area contributed by atoms with E-state index < -0.39 is 21.7 Å². The van der Waals surface area contributed by atoms with Crippen LogP contribution in [0.4, 0.5) is 4.39 Å². The minimum Gasteiger partial charge on any atom is -0.490 e. The summed E-state index contributed by atoms with van der Waals surface area (Å²) in [6, 6.07) is 12.3. The molecule has 1 atom stereocenters. The van der Waals surface area contributed by atoms with Gasteiger partial charge >= 0.3 is 0 Å². The second kappa shape index (κ2) is 8.56. The molecular formula is C21H22FNO4S. The van der Waals surface area contributed by atoms with Crippen molar-refractivity contribution in [3.05, 3.63) is 78.1 Å². The number of nitrogens with zero attached hydrogens (tertiary/aromatic N) is 1. The van der Waals surface area contributed by atoms with Gasteiger partial charge in [0.15, 0.2) is 9.84 Å². The SMILES string of the molecule is C=CCOc1ccc(C(=O)N(Cc2ccccc2F)[C@H]2CCS(=O)(=O)C2)cc1. The lowest BCUT2D eigenvalue weighted by Crippen LogP contribution is -2.40. The van der Waals surface area contributed by atoms with Gasteiger partial charge in [-0.15, -0.1) is 0 Å². The van der Waals surface area contributed by atoms with Crippen LogP contribution in [-0.2, 0) is 16.4 Å². The van der Waals surface area contributed by atoms with Crippen LogP contribution in [0.25, 0.3) is 0 Å². The van der Waals surface area contributed by atoms with Crippen LogP contribution < -0.4 is 4.74 Å². The maximum Gasteiger partial charge on any atom is 0.254 e. The summed E-state index contributed by atoms with van der Waals surface area (Å²) >= 11 is 0. The molecule has 28 heavy (non-hydrogen) atoms. The Bertz CT molecular complexity index is 957. The van der Waals surface area contributed by atoms with Crippen molar-refractivity contribution in [2.24, 2.45) is 0 Å². The lowest BCUT2D eigenvalue weighted by molar-refractivity contribution is 0.0679. The molecule has 1 heterocycles. The van der Waals surface area contributed by atoms with Crippen molar-refractivity contribution in [3.8, 4) is 5.75 Å². The Balaban J connectivity index is 1.86. The fourth-order valence-corrected chi connectivity index (χ4v) is 4.94. The molecule has 3 rings (SSSR count). The molecule has 148 valence electrons. The Morgan fingerprint density at radius 1 is 1.21 bits per heavy atom. The Labute approximate surface area is 164 Å². The molecule has 0 N–H and O–H groups in total. The average molecular weight is 403 g/mol. The summed E-state index contributed by atoms with van der Waals surface area (Å²) in [7, 11) is -3.19. The number of carbonyl (C=O) groups excluding carboxylic acids is 1. The first-order valence-electron chi connectivity index (χ1n) is 8.98. The zero-order valence-corrected chi connectivity index (χ0v) is 16.2. The molecule has 0 bridgehead atoms. The molecule has 2 aromatic rings. The van der Waals surface area contributed by atoms with Crippen molar-refractivity contribution >= 4 is 15.7 Å².